The van der Waals surface area contributed by atoms with Crippen LogP contribution in [0.2, 0.25) is 0 Å². The number of ether oxygens (including phenoxy) is 5. The van der Waals surface area contributed by atoms with Crippen LogP contribution in [-0.2, 0) is 31.8 Å². The Labute approximate surface area is 304 Å². The first-order chi connectivity index (χ1) is 24.1. The van der Waals surface area contributed by atoms with E-state index < -0.39 is 29.2 Å². The van der Waals surface area contributed by atoms with Crippen LogP contribution in [0.15, 0.2) is 96.3 Å². The van der Waals surface area contributed by atoms with Crippen molar-refractivity contribution in [3.63, 3.8) is 0 Å². The molecule has 1 heterocycles. The minimum absolute atomic E-state index is 0.0696. The number of ketones is 1. The quantitative estimate of drug-likeness (QED) is 0.190. The van der Waals surface area contributed by atoms with Crippen LogP contribution in [0.5, 0.6) is 11.5 Å². The van der Waals surface area contributed by atoms with Crippen molar-refractivity contribution in [3.8, 4) is 11.5 Å². The highest BCUT2D eigenvalue weighted by molar-refractivity contribution is 6.04. The first kappa shape index (κ1) is 40.1. The van der Waals surface area contributed by atoms with Gasteiger partial charge < -0.3 is 33.9 Å². The number of Topliss-reactive ketones (excluding diaryl/α,β-unsaturated/α-hetero) is 1. The largest absolute Gasteiger partial charge is 0.494 e. The number of benzene rings is 2. The van der Waals surface area contributed by atoms with Gasteiger partial charge in [0.2, 0.25) is 0 Å². The summed E-state index contributed by atoms with van der Waals surface area (Å²) in [5.74, 6) is -1.55. The molecule has 0 amide bonds. The molecule has 51 heavy (non-hydrogen) atoms. The zero-order valence-corrected chi connectivity index (χ0v) is 32.0. The van der Waals surface area contributed by atoms with E-state index in [0.29, 0.717) is 35.7 Å². The third-order valence-electron chi connectivity index (χ3n) is 10.7. The molecule has 278 valence electrons. The molecular formula is C43H58O8. The lowest BCUT2D eigenvalue weighted by Crippen LogP contribution is -2.49. The predicted octanol–water partition coefficient (Wildman–Crippen LogP) is 7.93. The molecule has 0 saturated carbocycles. The van der Waals surface area contributed by atoms with Gasteiger partial charge in [-0.1, -0.05) is 82.5 Å². The van der Waals surface area contributed by atoms with E-state index in [4.69, 9.17) is 23.7 Å². The van der Waals surface area contributed by atoms with E-state index in [1.54, 1.807) is 21.1 Å². The average Bonchev–Trinajstić information content (AvgIpc) is 3.22. The zero-order valence-electron chi connectivity index (χ0n) is 32.0. The second kappa shape index (κ2) is 16.3. The van der Waals surface area contributed by atoms with Crippen molar-refractivity contribution in [2.75, 3.05) is 20.8 Å². The number of fused-ring (bicyclic) bond motifs is 3. The van der Waals surface area contributed by atoms with Gasteiger partial charge in [0.25, 0.3) is 5.97 Å². The maximum absolute atomic E-state index is 13.7. The fourth-order valence-corrected chi connectivity index (χ4v) is 8.11. The number of hydrogen-bond donors (Lipinski definition) is 2. The van der Waals surface area contributed by atoms with Gasteiger partial charge in [0.1, 0.15) is 12.2 Å². The Kier molecular flexibility index (Phi) is 12.8. The van der Waals surface area contributed by atoms with E-state index in [0.717, 1.165) is 22.3 Å². The molecule has 3 aliphatic rings. The summed E-state index contributed by atoms with van der Waals surface area (Å²) in [5, 5.41) is 24.5. The van der Waals surface area contributed by atoms with E-state index in [1.807, 2.05) is 89.2 Å². The summed E-state index contributed by atoms with van der Waals surface area (Å²) in [5.41, 5.74) is 1.25. The molecule has 0 spiro atoms. The summed E-state index contributed by atoms with van der Waals surface area (Å²) in [4.78, 5) is 13.7. The lowest BCUT2D eigenvalue weighted by Gasteiger charge is -2.41. The second-order valence-corrected chi connectivity index (χ2v) is 14.5. The van der Waals surface area contributed by atoms with Crippen molar-refractivity contribution in [1.82, 2.24) is 0 Å². The Morgan fingerprint density at radius 1 is 0.980 bits per heavy atom. The van der Waals surface area contributed by atoms with Crippen LogP contribution in [0.25, 0.3) is 0 Å². The molecule has 0 bridgehead atoms. The lowest BCUT2D eigenvalue weighted by molar-refractivity contribution is -0.399. The van der Waals surface area contributed by atoms with Crippen molar-refractivity contribution < 1.29 is 38.7 Å². The Balaban J connectivity index is 0.00000286. The topological polar surface area (TPSA) is 104 Å². The second-order valence-electron chi connectivity index (χ2n) is 14.5. The highest BCUT2D eigenvalue weighted by atomic mass is 16.8. The molecule has 1 saturated heterocycles. The minimum atomic E-state index is -1.97. The molecule has 6 unspecified atom stereocenters. The molecule has 2 N–H and O–H groups in total. The summed E-state index contributed by atoms with van der Waals surface area (Å²) in [6.07, 6.45) is 4.61. The Bertz CT molecular complexity index is 1630. The summed E-state index contributed by atoms with van der Waals surface area (Å²) >= 11 is 0. The highest BCUT2D eigenvalue weighted by Crippen LogP contribution is 2.53. The molecule has 2 aliphatic carbocycles. The average molecular weight is 703 g/mol. The van der Waals surface area contributed by atoms with Gasteiger partial charge in [-0.05, 0) is 85.9 Å². The Morgan fingerprint density at radius 2 is 1.65 bits per heavy atom. The Hall–Kier alpha value is -3.69. The predicted molar refractivity (Wildman–Crippen MR) is 200 cm³/mol. The molecule has 0 radical (unpaired) electrons. The minimum Gasteiger partial charge on any atom is -0.494 e. The summed E-state index contributed by atoms with van der Waals surface area (Å²) in [7, 11) is 3.18. The van der Waals surface area contributed by atoms with Crippen molar-refractivity contribution in [1.29, 1.82) is 0 Å². The van der Waals surface area contributed by atoms with Crippen LogP contribution >= 0.6 is 0 Å². The van der Waals surface area contributed by atoms with Crippen molar-refractivity contribution in [3.05, 3.63) is 107 Å². The van der Waals surface area contributed by atoms with Crippen LogP contribution in [-0.4, -0.2) is 60.1 Å². The lowest BCUT2D eigenvalue weighted by atomic mass is 9.65. The number of hydrogen-bond acceptors (Lipinski definition) is 8. The summed E-state index contributed by atoms with van der Waals surface area (Å²) in [6, 6.07) is 15.3. The molecule has 2 aromatic carbocycles. The molecule has 1 aliphatic heterocycles. The first-order valence-corrected chi connectivity index (χ1v) is 18.1. The smallest absolute Gasteiger partial charge is 0.285 e. The molecule has 8 nitrogen and oxygen atoms in total. The van der Waals surface area contributed by atoms with Gasteiger partial charge >= 0.3 is 0 Å². The van der Waals surface area contributed by atoms with E-state index in [9.17, 15) is 15.0 Å². The van der Waals surface area contributed by atoms with Crippen molar-refractivity contribution >= 4 is 5.78 Å². The third-order valence-corrected chi connectivity index (χ3v) is 10.7. The number of carbonyl (C=O) groups is 1. The van der Waals surface area contributed by atoms with Gasteiger partial charge in [-0.3, -0.25) is 4.79 Å². The monoisotopic (exact) mass is 702 g/mol. The van der Waals surface area contributed by atoms with Crippen LogP contribution in [0.3, 0.4) is 0 Å². The summed E-state index contributed by atoms with van der Waals surface area (Å²) < 4.78 is 30.2. The van der Waals surface area contributed by atoms with E-state index in [2.05, 4.69) is 26.2 Å². The molecule has 1 fully saturated rings. The molecule has 8 heteroatoms. The van der Waals surface area contributed by atoms with Crippen molar-refractivity contribution in [2.24, 2.45) is 23.7 Å². The first-order valence-electron chi connectivity index (χ1n) is 18.1. The highest BCUT2D eigenvalue weighted by Gasteiger charge is 2.57. The molecule has 5 rings (SSSR count). The van der Waals surface area contributed by atoms with Crippen LogP contribution in [0.1, 0.15) is 72.4 Å². The maximum Gasteiger partial charge on any atom is 0.285 e. The number of carbonyl (C=O) groups excluding carboxylic acids is 1. The molecule has 0 aromatic heterocycles. The van der Waals surface area contributed by atoms with Gasteiger partial charge in [-0.15, -0.1) is 0 Å². The van der Waals surface area contributed by atoms with Crippen LogP contribution in [0, 0.1) is 23.7 Å². The Morgan fingerprint density at radius 3 is 2.27 bits per heavy atom. The number of methoxy groups -OCH3 is 2. The van der Waals surface area contributed by atoms with Gasteiger partial charge in [0.15, 0.2) is 17.3 Å². The fraction of sp³-hybridized carbons (Fsp3) is 0.512. The van der Waals surface area contributed by atoms with E-state index >= 15 is 0 Å². The van der Waals surface area contributed by atoms with Crippen molar-refractivity contribution in [2.45, 2.75) is 97.4 Å². The number of aliphatic hydroxyl groups is 2. The maximum atomic E-state index is 13.7. The third kappa shape index (κ3) is 8.69. The number of rotatable bonds is 10. The fourth-order valence-electron chi connectivity index (χ4n) is 8.11. The zero-order chi connectivity index (χ0) is 37.7. The van der Waals surface area contributed by atoms with Gasteiger partial charge in [0, 0.05) is 24.7 Å². The normalized spacial score (nSPS) is 31.8. The molecular weight excluding hydrogens is 644 g/mol. The number of allylic oxidation sites excluding steroid dienone is 1. The SMILES string of the molecule is C=C(Cc1ccc(OC)c(OC)c1)OCC1=CC2C(C)O[C@](O)(Cc3ccccc3)OC(C)(C(=C)C)C[C@@H](C)C2C2C=C(C)C(=O)C2(O)C1.CC. The standard InChI is InChI=1S/C41H52O8.C2H6/c1-25(2)39(7)21-27(4)37-33(29(6)48-41(44,49-39)23-30-13-11-10-12-14-30)19-32(22-40(43)34(37)17-26(3)38(40)42)24-47-28(5)18-31-15-16-35(45-8)36(20-31)46-9;1-2/h10-17,19-20,27,29,33-34,37,43-44H,1,5,18,21-24H2,2-4,6-9H3;1-2H3/t27-,29?,33?,34?,37?,39?,40?,41-;/m1./s1. The van der Waals surface area contributed by atoms with Gasteiger partial charge in [-0.25, -0.2) is 0 Å². The summed E-state index contributed by atoms with van der Waals surface area (Å²) in [6.45, 7) is 22.2. The van der Waals surface area contributed by atoms with Gasteiger partial charge in [0.05, 0.1) is 38.1 Å². The molecule has 8 atom stereocenters. The van der Waals surface area contributed by atoms with Crippen LogP contribution in [0.4, 0.5) is 0 Å². The van der Waals surface area contributed by atoms with Crippen LogP contribution < -0.4 is 9.47 Å². The molecule has 2 aromatic rings. The van der Waals surface area contributed by atoms with Gasteiger partial charge in [-0.2, -0.15) is 0 Å². The van der Waals surface area contributed by atoms with E-state index in [1.165, 1.54) is 0 Å². The van der Waals surface area contributed by atoms with E-state index in [-0.39, 0.29) is 43.0 Å².